The molecule has 0 aromatic carbocycles. The van der Waals surface area contributed by atoms with E-state index in [1.54, 1.807) is 6.08 Å². The zero-order valence-electron chi connectivity index (χ0n) is 15.4. The number of ketones is 2. The van der Waals surface area contributed by atoms with E-state index in [2.05, 4.69) is 32.9 Å². The lowest BCUT2D eigenvalue weighted by atomic mass is 9.52. The molecule has 6 atom stereocenters. The predicted molar refractivity (Wildman–Crippen MR) is 96.7 cm³/mol. The number of carbonyl (C=O) groups excluding carboxylic acids is 2. The van der Waals surface area contributed by atoms with Crippen LogP contribution in [0.3, 0.4) is 0 Å². The second kappa shape index (κ2) is 5.51. The van der Waals surface area contributed by atoms with Gasteiger partial charge in [0.1, 0.15) is 6.61 Å². The summed E-state index contributed by atoms with van der Waals surface area (Å²) in [4.78, 5) is 24.2. The second-order valence-electron chi connectivity index (χ2n) is 9.04. The van der Waals surface area contributed by atoms with Gasteiger partial charge >= 0.3 is 0 Å². The Morgan fingerprint density at radius 3 is 2.84 bits per heavy atom. The number of aliphatic hydroxyl groups excluding tert-OH is 1. The Kier molecular flexibility index (Phi) is 3.74. The average molecular weight is 340 g/mol. The molecule has 0 amide bonds. The van der Waals surface area contributed by atoms with Gasteiger partial charge in [-0.25, -0.2) is 0 Å². The smallest absolute Gasteiger partial charge is 0.178 e. The van der Waals surface area contributed by atoms with Crippen LogP contribution in [0, 0.1) is 34.5 Å². The average Bonchev–Trinajstić information content (AvgIpc) is 2.85. The molecule has 25 heavy (non-hydrogen) atoms. The molecule has 2 saturated carbocycles. The molecule has 134 valence electrons. The highest BCUT2D eigenvalue weighted by atomic mass is 16.3. The van der Waals surface area contributed by atoms with Gasteiger partial charge in [0.15, 0.2) is 11.6 Å². The molecule has 0 radical (unpaired) electrons. The van der Waals surface area contributed by atoms with Crippen LogP contribution in [0.15, 0.2) is 35.5 Å². The van der Waals surface area contributed by atoms with Gasteiger partial charge in [-0.2, -0.15) is 0 Å². The van der Waals surface area contributed by atoms with E-state index in [9.17, 15) is 14.7 Å². The molecule has 0 saturated heterocycles. The van der Waals surface area contributed by atoms with Gasteiger partial charge < -0.3 is 5.11 Å². The summed E-state index contributed by atoms with van der Waals surface area (Å²) >= 11 is 0. The van der Waals surface area contributed by atoms with Gasteiger partial charge in [-0.3, -0.25) is 9.59 Å². The lowest BCUT2D eigenvalue weighted by Crippen LogP contribution is -2.45. The molecule has 1 N–H and O–H groups in total. The molecule has 4 rings (SSSR count). The van der Waals surface area contributed by atoms with Crippen molar-refractivity contribution in [2.24, 2.45) is 34.5 Å². The van der Waals surface area contributed by atoms with Crippen LogP contribution in [-0.4, -0.2) is 23.3 Å². The minimum atomic E-state index is -0.339. The predicted octanol–water partition coefficient (Wildman–Crippen LogP) is 3.64. The van der Waals surface area contributed by atoms with E-state index in [1.165, 1.54) is 11.1 Å². The summed E-state index contributed by atoms with van der Waals surface area (Å²) in [6.07, 6.45) is 12.0. The largest absolute Gasteiger partial charge is 0.389 e. The summed E-state index contributed by atoms with van der Waals surface area (Å²) in [5.74, 6) is 1.39. The summed E-state index contributed by atoms with van der Waals surface area (Å²) in [6, 6.07) is 0. The number of allylic oxidation sites excluding steroid dienone is 6. The number of hydrogen-bond donors (Lipinski definition) is 1. The Balaban J connectivity index is 1.75. The summed E-state index contributed by atoms with van der Waals surface area (Å²) in [7, 11) is 0. The van der Waals surface area contributed by atoms with Crippen LogP contribution in [0.4, 0.5) is 0 Å². The normalized spacial score (nSPS) is 45.2. The van der Waals surface area contributed by atoms with Crippen molar-refractivity contribution >= 4 is 11.6 Å². The Morgan fingerprint density at radius 2 is 2.12 bits per heavy atom. The Hall–Kier alpha value is -1.48. The number of hydrogen-bond acceptors (Lipinski definition) is 3. The Bertz CT molecular complexity index is 728. The topological polar surface area (TPSA) is 54.4 Å². The highest BCUT2D eigenvalue weighted by Crippen LogP contribution is 2.65. The zero-order chi connectivity index (χ0) is 18.0. The van der Waals surface area contributed by atoms with Gasteiger partial charge in [0.2, 0.25) is 0 Å². The fraction of sp³-hybridized carbons (Fsp3) is 0.636. The van der Waals surface area contributed by atoms with Crippen LogP contribution >= 0.6 is 0 Å². The number of fused-ring (bicyclic) bond motifs is 5. The van der Waals surface area contributed by atoms with Crippen LogP contribution < -0.4 is 0 Å². The lowest BCUT2D eigenvalue weighted by Gasteiger charge is -2.52. The van der Waals surface area contributed by atoms with Crippen molar-refractivity contribution in [1.29, 1.82) is 0 Å². The molecule has 4 aliphatic carbocycles. The first-order valence-corrected chi connectivity index (χ1v) is 9.59. The molecule has 3 heteroatoms. The van der Waals surface area contributed by atoms with Crippen molar-refractivity contribution in [2.75, 3.05) is 6.61 Å². The molecular formula is C22H28O3. The molecule has 0 heterocycles. The number of aliphatic hydroxyl groups is 1. The molecule has 0 unspecified atom stereocenters. The van der Waals surface area contributed by atoms with E-state index >= 15 is 0 Å². The molecule has 0 spiro atoms. The summed E-state index contributed by atoms with van der Waals surface area (Å²) < 4.78 is 0. The number of Topliss-reactive ketones (excluding diaryl/α,β-unsaturated/α-hetero) is 1. The van der Waals surface area contributed by atoms with Crippen LogP contribution in [0.2, 0.25) is 0 Å². The van der Waals surface area contributed by atoms with Crippen molar-refractivity contribution in [3.63, 3.8) is 0 Å². The van der Waals surface area contributed by atoms with Crippen LogP contribution in [0.1, 0.15) is 46.5 Å². The summed E-state index contributed by atoms with van der Waals surface area (Å²) in [5, 5.41) is 9.46. The van der Waals surface area contributed by atoms with Crippen LogP contribution in [-0.2, 0) is 9.59 Å². The fourth-order valence-electron chi connectivity index (χ4n) is 6.67. The van der Waals surface area contributed by atoms with Gasteiger partial charge in [-0.1, -0.05) is 37.1 Å². The lowest BCUT2D eigenvalue weighted by molar-refractivity contribution is -0.131. The third kappa shape index (κ3) is 2.21. The molecule has 4 aliphatic rings. The van der Waals surface area contributed by atoms with Crippen LogP contribution in [0.25, 0.3) is 0 Å². The maximum absolute atomic E-state index is 12.4. The Morgan fingerprint density at radius 1 is 1.36 bits per heavy atom. The molecule has 0 aromatic heterocycles. The van der Waals surface area contributed by atoms with Gasteiger partial charge in [-0.15, -0.1) is 0 Å². The monoisotopic (exact) mass is 340 g/mol. The number of carbonyl (C=O) groups is 2. The number of rotatable bonds is 2. The quantitative estimate of drug-likeness (QED) is 0.781. The molecule has 0 aromatic rings. The fourth-order valence-corrected chi connectivity index (χ4v) is 6.67. The standard InChI is InChI=1S/C22H28O3/c1-13-10-18-16-5-4-14-11-15(24)6-8-21(14,2)17(16)7-9-22(18,3)20(13)19(25)12-23/h6-8,11,13,16,18,20,23H,4-5,9-10,12H2,1-3H3/t13-,16-,18+,20-,21+,22+/m1/s1. The minimum Gasteiger partial charge on any atom is -0.389 e. The van der Waals surface area contributed by atoms with Gasteiger partial charge in [0.25, 0.3) is 0 Å². The third-order valence-electron chi connectivity index (χ3n) is 7.79. The maximum Gasteiger partial charge on any atom is 0.178 e. The maximum atomic E-state index is 12.4. The van der Waals surface area contributed by atoms with E-state index in [0.29, 0.717) is 17.8 Å². The van der Waals surface area contributed by atoms with Crippen molar-refractivity contribution in [1.82, 2.24) is 0 Å². The Labute approximate surface area is 149 Å². The minimum absolute atomic E-state index is 0.0140. The second-order valence-corrected chi connectivity index (χ2v) is 9.04. The SMILES string of the molecule is C[C@@H]1C[C@H]2[C@@H]3CCC4=CC(=O)C=C[C@]4(C)C3=CC[C@]2(C)[C@H]1C(=O)CO. The van der Waals surface area contributed by atoms with Crippen LogP contribution in [0.5, 0.6) is 0 Å². The molecule has 2 fully saturated rings. The van der Waals surface area contributed by atoms with E-state index < -0.39 is 0 Å². The van der Waals surface area contributed by atoms with Gasteiger partial charge in [0.05, 0.1) is 0 Å². The first-order valence-electron chi connectivity index (χ1n) is 9.59. The first-order chi connectivity index (χ1) is 11.8. The van der Waals surface area contributed by atoms with Crippen molar-refractivity contribution in [3.05, 3.63) is 35.5 Å². The first kappa shape index (κ1) is 17.0. The highest BCUT2D eigenvalue weighted by molar-refractivity contribution is 6.01. The molecule has 0 bridgehead atoms. The van der Waals surface area contributed by atoms with Gasteiger partial charge in [-0.05, 0) is 67.9 Å². The van der Waals surface area contributed by atoms with Crippen molar-refractivity contribution in [2.45, 2.75) is 46.5 Å². The van der Waals surface area contributed by atoms with E-state index in [0.717, 1.165) is 25.7 Å². The van der Waals surface area contributed by atoms with E-state index in [4.69, 9.17) is 0 Å². The summed E-state index contributed by atoms with van der Waals surface area (Å²) in [5.41, 5.74) is 2.54. The zero-order valence-corrected chi connectivity index (χ0v) is 15.4. The van der Waals surface area contributed by atoms with Gasteiger partial charge in [0, 0.05) is 11.3 Å². The summed E-state index contributed by atoms with van der Waals surface area (Å²) in [6.45, 7) is 6.35. The molecule has 0 aliphatic heterocycles. The highest BCUT2D eigenvalue weighted by Gasteiger charge is 2.59. The van der Waals surface area contributed by atoms with Crippen molar-refractivity contribution in [3.8, 4) is 0 Å². The molecule has 3 nitrogen and oxygen atoms in total. The third-order valence-corrected chi connectivity index (χ3v) is 7.79. The van der Waals surface area contributed by atoms with Crippen molar-refractivity contribution < 1.29 is 14.7 Å². The van der Waals surface area contributed by atoms with E-state index in [1.807, 2.05) is 6.08 Å². The van der Waals surface area contributed by atoms with E-state index in [-0.39, 0.29) is 34.9 Å². The molecular weight excluding hydrogens is 312 g/mol.